The topological polar surface area (TPSA) is 84.9 Å². The lowest BCUT2D eigenvalue weighted by molar-refractivity contribution is -0.121. The minimum Gasteiger partial charge on any atom is -0.497 e. The van der Waals surface area contributed by atoms with E-state index in [0.717, 1.165) is 27.4 Å². The van der Waals surface area contributed by atoms with Gasteiger partial charge in [0.1, 0.15) is 24.1 Å². The molecule has 2 rings (SSSR count). The van der Waals surface area contributed by atoms with Gasteiger partial charge in [0.15, 0.2) is 0 Å². The molecule has 2 aromatic carbocycles. The summed E-state index contributed by atoms with van der Waals surface area (Å²) in [6.45, 7) is 6.07. The number of benzene rings is 2. The lowest BCUT2D eigenvalue weighted by Gasteiger charge is -2.28. The third kappa shape index (κ3) is 5.87. The van der Waals surface area contributed by atoms with Crippen LogP contribution in [-0.2, 0) is 14.8 Å². The number of aryl methyl sites for hydroxylation is 1. The first-order valence-corrected chi connectivity index (χ1v) is 11.1. The number of nitrogens with one attached hydrogen (secondary N) is 1. The smallest absolute Gasteiger partial charge is 0.243 e. The van der Waals surface area contributed by atoms with Gasteiger partial charge in [-0.1, -0.05) is 12.1 Å². The van der Waals surface area contributed by atoms with E-state index in [0.29, 0.717) is 11.4 Å². The number of methoxy groups -OCH3 is 1. The lowest BCUT2D eigenvalue weighted by Crippen LogP contribution is -2.48. The van der Waals surface area contributed by atoms with Crippen LogP contribution in [0.1, 0.15) is 18.1 Å². The van der Waals surface area contributed by atoms with Crippen LogP contribution in [0, 0.1) is 13.8 Å². The predicted octanol–water partition coefficient (Wildman–Crippen LogP) is 2.66. The van der Waals surface area contributed by atoms with Crippen LogP contribution >= 0.6 is 0 Å². The molecule has 0 radical (unpaired) electrons. The number of rotatable bonds is 9. The van der Waals surface area contributed by atoms with Crippen molar-refractivity contribution in [3.8, 4) is 11.5 Å². The molecule has 0 unspecified atom stereocenters. The Balaban J connectivity index is 2.00. The molecule has 0 aliphatic carbocycles. The Hall–Kier alpha value is -2.74. The molecule has 1 N–H and O–H groups in total. The molecule has 2 aromatic rings. The first-order valence-electron chi connectivity index (χ1n) is 9.25. The van der Waals surface area contributed by atoms with Crippen molar-refractivity contribution in [3.05, 3.63) is 53.6 Å². The number of hydrogen-bond donors (Lipinski definition) is 1. The van der Waals surface area contributed by atoms with Crippen molar-refractivity contribution < 1.29 is 22.7 Å². The van der Waals surface area contributed by atoms with E-state index in [4.69, 9.17) is 9.47 Å². The molecule has 0 saturated heterocycles. The molecule has 158 valence electrons. The van der Waals surface area contributed by atoms with Crippen molar-refractivity contribution in [3.63, 3.8) is 0 Å². The van der Waals surface area contributed by atoms with Crippen LogP contribution in [0.15, 0.2) is 42.5 Å². The molecule has 0 bridgehead atoms. The summed E-state index contributed by atoms with van der Waals surface area (Å²) in [5.41, 5.74) is 2.57. The van der Waals surface area contributed by atoms with Gasteiger partial charge in [-0.15, -0.1) is 0 Å². The van der Waals surface area contributed by atoms with Gasteiger partial charge in [0, 0.05) is 0 Å². The Bertz CT molecular complexity index is 942. The summed E-state index contributed by atoms with van der Waals surface area (Å²) in [5, 5.41) is 2.74. The largest absolute Gasteiger partial charge is 0.497 e. The van der Waals surface area contributed by atoms with E-state index in [-0.39, 0.29) is 13.2 Å². The van der Waals surface area contributed by atoms with Gasteiger partial charge in [0.25, 0.3) is 0 Å². The number of amides is 1. The standard InChI is InChI=1S/C21H28N2O5S/c1-15-7-6-8-20(16(15)2)28-14-13-22-21(24)17(3)23(29(5,25)26)18-9-11-19(27-4)12-10-18/h6-12,17H,13-14H2,1-5H3,(H,22,24)/t17-/m0/s1. The normalized spacial score (nSPS) is 12.2. The van der Waals surface area contributed by atoms with Gasteiger partial charge in [-0.3, -0.25) is 9.10 Å². The number of hydrogen-bond acceptors (Lipinski definition) is 5. The summed E-state index contributed by atoms with van der Waals surface area (Å²) in [7, 11) is -2.14. The first kappa shape index (κ1) is 22.5. The summed E-state index contributed by atoms with van der Waals surface area (Å²) in [5.74, 6) is 0.960. The molecule has 1 amide bonds. The summed E-state index contributed by atoms with van der Waals surface area (Å²) in [6, 6.07) is 11.4. The van der Waals surface area contributed by atoms with E-state index in [1.807, 2.05) is 32.0 Å². The molecule has 29 heavy (non-hydrogen) atoms. The highest BCUT2D eigenvalue weighted by Gasteiger charge is 2.28. The predicted molar refractivity (Wildman–Crippen MR) is 114 cm³/mol. The van der Waals surface area contributed by atoms with Crippen molar-refractivity contribution in [2.24, 2.45) is 0 Å². The van der Waals surface area contributed by atoms with E-state index in [9.17, 15) is 13.2 Å². The third-order valence-corrected chi connectivity index (χ3v) is 5.87. The summed E-state index contributed by atoms with van der Waals surface area (Å²) < 4.78 is 36.5. The zero-order valence-corrected chi connectivity index (χ0v) is 18.2. The van der Waals surface area contributed by atoms with Gasteiger partial charge in [-0.05, 0) is 62.2 Å². The molecular formula is C21H28N2O5S. The number of nitrogens with zero attached hydrogens (tertiary/aromatic N) is 1. The van der Waals surface area contributed by atoms with Crippen LogP contribution in [0.5, 0.6) is 11.5 Å². The number of sulfonamides is 1. The lowest BCUT2D eigenvalue weighted by atomic mass is 10.1. The second-order valence-corrected chi connectivity index (χ2v) is 8.63. The van der Waals surface area contributed by atoms with Crippen LogP contribution in [0.3, 0.4) is 0 Å². The number of carbonyl (C=O) groups is 1. The first-order chi connectivity index (χ1) is 13.6. The second kappa shape index (κ2) is 9.65. The highest BCUT2D eigenvalue weighted by Crippen LogP contribution is 2.24. The Morgan fingerprint density at radius 1 is 1.14 bits per heavy atom. The van der Waals surface area contributed by atoms with Gasteiger partial charge in [0.05, 0.1) is 25.6 Å². The van der Waals surface area contributed by atoms with Crippen molar-refractivity contribution in [1.29, 1.82) is 0 Å². The molecule has 0 saturated carbocycles. The molecule has 1 atom stereocenters. The van der Waals surface area contributed by atoms with Gasteiger partial charge in [-0.25, -0.2) is 8.42 Å². The third-order valence-electron chi connectivity index (χ3n) is 4.63. The molecule has 8 heteroatoms. The van der Waals surface area contributed by atoms with E-state index in [1.165, 1.54) is 7.11 Å². The zero-order valence-electron chi connectivity index (χ0n) is 17.4. The SMILES string of the molecule is COc1ccc(N([C@@H](C)C(=O)NCCOc2cccc(C)c2C)S(C)(=O)=O)cc1. The molecule has 0 fully saturated rings. The van der Waals surface area contributed by atoms with E-state index in [2.05, 4.69) is 5.32 Å². The highest BCUT2D eigenvalue weighted by atomic mass is 32.2. The monoisotopic (exact) mass is 420 g/mol. The van der Waals surface area contributed by atoms with Crippen LogP contribution in [-0.4, -0.2) is 46.9 Å². The van der Waals surface area contributed by atoms with Crippen molar-refractivity contribution in [1.82, 2.24) is 5.32 Å². The zero-order chi connectivity index (χ0) is 21.6. The van der Waals surface area contributed by atoms with Crippen molar-refractivity contribution >= 4 is 21.6 Å². The van der Waals surface area contributed by atoms with E-state index < -0.39 is 22.0 Å². The molecule has 0 aliphatic heterocycles. The Morgan fingerprint density at radius 3 is 2.38 bits per heavy atom. The Morgan fingerprint density at radius 2 is 1.79 bits per heavy atom. The molecule has 7 nitrogen and oxygen atoms in total. The molecule has 0 heterocycles. The molecular weight excluding hydrogens is 392 g/mol. The minimum atomic E-state index is -3.67. The molecule has 0 aliphatic rings. The van der Waals surface area contributed by atoms with Crippen LogP contribution in [0.25, 0.3) is 0 Å². The Labute approximate surface area is 172 Å². The summed E-state index contributed by atoms with van der Waals surface area (Å²) >= 11 is 0. The number of ether oxygens (including phenoxy) is 2. The second-order valence-electron chi connectivity index (χ2n) is 6.77. The maximum absolute atomic E-state index is 12.6. The van der Waals surface area contributed by atoms with Crippen LogP contribution in [0.2, 0.25) is 0 Å². The fourth-order valence-corrected chi connectivity index (χ4v) is 4.08. The fraction of sp³-hybridized carbons (Fsp3) is 0.381. The minimum absolute atomic E-state index is 0.261. The molecule has 0 spiro atoms. The molecule has 0 aromatic heterocycles. The average Bonchev–Trinajstić information content (AvgIpc) is 2.67. The van der Waals surface area contributed by atoms with Gasteiger partial charge in [0.2, 0.25) is 15.9 Å². The van der Waals surface area contributed by atoms with Crippen LogP contribution in [0.4, 0.5) is 5.69 Å². The average molecular weight is 421 g/mol. The number of anilines is 1. The van der Waals surface area contributed by atoms with Crippen molar-refractivity contribution in [2.45, 2.75) is 26.8 Å². The number of carbonyl (C=O) groups excluding carboxylic acids is 1. The Kier molecular flexibility index (Phi) is 7.50. The summed E-state index contributed by atoms with van der Waals surface area (Å²) in [4.78, 5) is 12.6. The maximum Gasteiger partial charge on any atom is 0.243 e. The van der Waals surface area contributed by atoms with E-state index in [1.54, 1.807) is 31.2 Å². The van der Waals surface area contributed by atoms with Crippen molar-refractivity contribution in [2.75, 3.05) is 30.8 Å². The highest BCUT2D eigenvalue weighted by molar-refractivity contribution is 7.92. The maximum atomic E-state index is 12.6. The quantitative estimate of drug-likeness (QED) is 0.631. The summed E-state index contributed by atoms with van der Waals surface area (Å²) in [6.07, 6.45) is 1.07. The van der Waals surface area contributed by atoms with Gasteiger partial charge in [-0.2, -0.15) is 0 Å². The van der Waals surface area contributed by atoms with Crippen LogP contribution < -0.4 is 19.1 Å². The van der Waals surface area contributed by atoms with Gasteiger partial charge >= 0.3 is 0 Å². The van der Waals surface area contributed by atoms with E-state index >= 15 is 0 Å². The van der Waals surface area contributed by atoms with Gasteiger partial charge < -0.3 is 14.8 Å². The fourth-order valence-electron chi connectivity index (χ4n) is 2.90.